The SMILES string of the molecule is CCC(C)CCCCCCC(=O)NC(Cc1c[nH]c2ccccc12)C(=O)NC(CCC(=O)O)C(=O)NC(CC(=O)O)C(=O)NC1C(=O)N(C)CC(=O)NC(CCCN)C(=O)NC(CC(=O)O)C(=O)NC(CCCCN)C(=O)NC(CC(=O)O)C(=O)NCC(=O)NC(CO)C(=O)NC(CCC(=O)O)C(=O)NC(C(C)CC)C(=O)OC1C. The number of cyclic esters (lactones) is 1. The summed E-state index contributed by atoms with van der Waals surface area (Å²) in [5.41, 5.74) is 12.6. The number of ether oxygens (including phenoxy) is 1. The average Bonchev–Trinajstić information content (AvgIpc) is 1.25. The van der Waals surface area contributed by atoms with Gasteiger partial charge in [0.15, 0.2) is 0 Å². The lowest BCUT2D eigenvalue weighted by atomic mass is 9.98. The maximum absolute atomic E-state index is 15.0. The highest BCUT2D eigenvalue weighted by Crippen LogP contribution is 2.22. The summed E-state index contributed by atoms with van der Waals surface area (Å²) in [6.45, 7) is 4.55. The molecular formula is C73H112N16O26. The third-order valence-electron chi connectivity index (χ3n) is 18.9. The van der Waals surface area contributed by atoms with Gasteiger partial charge in [0, 0.05) is 49.8 Å². The number of benzene rings is 1. The van der Waals surface area contributed by atoms with Crippen LogP contribution in [0, 0.1) is 11.8 Å². The number of nitrogens with one attached hydrogen (secondary N) is 13. The summed E-state index contributed by atoms with van der Waals surface area (Å²) >= 11 is 0. The second-order valence-corrected chi connectivity index (χ2v) is 28.2. The highest BCUT2D eigenvalue weighted by Gasteiger charge is 2.41. The van der Waals surface area contributed by atoms with Crippen molar-refractivity contribution in [3.63, 3.8) is 0 Å². The first kappa shape index (κ1) is 97.8. The maximum Gasteiger partial charge on any atom is 0.329 e. The topological polar surface area (TPSA) is 670 Å². The Hall–Kier alpha value is -11.4. The zero-order valence-corrected chi connectivity index (χ0v) is 65.3. The van der Waals surface area contributed by atoms with Crippen molar-refractivity contribution < 1.29 is 126 Å². The second kappa shape index (κ2) is 50.6. The van der Waals surface area contributed by atoms with Crippen molar-refractivity contribution in [2.45, 2.75) is 242 Å². The van der Waals surface area contributed by atoms with E-state index in [1.54, 1.807) is 30.5 Å². The van der Waals surface area contributed by atoms with E-state index >= 15 is 4.79 Å². The molecule has 2 heterocycles. The molecule has 42 nitrogen and oxygen atoms in total. The van der Waals surface area contributed by atoms with Crippen LogP contribution >= 0.6 is 0 Å². The van der Waals surface area contributed by atoms with Crippen LogP contribution in [0.2, 0.25) is 0 Å². The number of aromatic amines is 1. The van der Waals surface area contributed by atoms with Crippen LogP contribution in [-0.2, 0) is 102 Å². The van der Waals surface area contributed by atoms with E-state index in [4.69, 9.17) is 16.2 Å². The predicted molar refractivity (Wildman–Crippen MR) is 405 cm³/mol. The minimum atomic E-state index is -2.31. The molecule has 115 heavy (non-hydrogen) atoms. The Morgan fingerprint density at radius 3 is 1.68 bits per heavy atom. The van der Waals surface area contributed by atoms with Gasteiger partial charge in [-0.25, -0.2) is 4.79 Å². The molecule has 14 unspecified atom stereocenters. The summed E-state index contributed by atoms with van der Waals surface area (Å²) in [6.07, 6.45) is -3.04. The zero-order chi connectivity index (χ0) is 86.2. The first-order valence-electron chi connectivity index (χ1n) is 38.1. The summed E-state index contributed by atoms with van der Waals surface area (Å²) in [4.78, 5) is 264. The third-order valence-corrected chi connectivity index (χ3v) is 18.9. The quantitative estimate of drug-likeness (QED) is 0.0224. The van der Waals surface area contributed by atoms with Crippen molar-refractivity contribution in [3.8, 4) is 0 Å². The minimum Gasteiger partial charge on any atom is -0.481 e. The van der Waals surface area contributed by atoms with Gasteiger partial charge >= 0.3 is 35.8 Å². The van der Waals surface area contributed by atoms with Gasteiger partial charge in [-0.05, 0) is 94.8 Å². The van der Waals surface area contributed by atoms with Crippen LogP contribution in [0.25, 0.3) is 10.9 Å². The van der Waals surface area contributed by atoms with E-state index in [0.29, 0.717) is 40.1 Å². The number of H-pyrrole nitrogens is 1. The summed E-state index contributed by atoms with van der Waals surface area (Å²) in [7, 11) is 0.940. The van der Waals surface area contributed by atoms with Crippen LogP contribution in [-0.4, -0.2) is 266 Å². The van der Waals surface area contributed by atoms with E-state index in [9.17, 15) is 117 Å². The van der Waals surface area contributed by atoms with E-state index in [-0.39, 0.29) is 64.5 Å². The number of nitrogens with zero attached hydrogens (tertiary/aromatic N) is 1. The maximum atomic E-state index is 15.0. The third kappa shape index (κ3) is 35.2. The number of carbonyl (C=O) groups excluding carboxylic acids is 14. The molecule has 2 aromatic rings. The number of hydrogen-bond acceptors (Lipinski definition) is 23. The standard InChI is InChI=1S/C73H112N16O26/c1-7-38(3)18-11-9-10-12-23-53(91)79-48(30-41-34-76-43-20-14-13-19-42(41)43)68(109)82-46(24-26-56(94)95)66(107)86-51(33-60(102)103)70(111)88-62-40(5)115-73(114)61(39(4)8-2)87-67(108)47(25-27-57(96)97)83-71(112)52(37-90)80-54(92)35-77-63(104)49(31-58(98)99)84-65(106)45(21-15-16-28-74)81-69(110)50(32-59(100)101)85-64(105)44(22-17-29-75)78-55(93)36-89(6)72(62)113/h13-14,19-20,34,38-40,44-52,61-62,76,90H,7-12,15-18,21-33,35-37,74-75H2,1-6H3,(H,77,104)(H,78,93)(H,79,91)(H,80,92)(H,81,110)(H,82,109)(H,83,112)(H,84,106)(H,85,105)(H,86,107)(H,87,108)(H,88,111)(H,94,95)(H,96,97)(H,98,99)(H,100,101)(H,102,103). The number of carboxylic acids is 5. The molecule has 14 atom stereocenters. The largest absolute Gasteiger partial charge is 0.481 e. The lowest BCUT2D eigenvalue weighted by molar-refractivity contribution is -0.159. The number of esters is 1. The van der Waals surface area contributed by atoms with Gasteiger partial charge in [-0.1, -0.05) is 84.4 Å². The Labute approximate surface area is 662 Å². The molecule has 3 rings (SSSR count). The molecule has 23 N–H and O–H groups in total. The summed E-state index contributed by atoms with van der Waals surface area (Å²) in [6, 6.07) is -14.4. The molecule has 13 amide bonds. The molecule has 0 spiro atoms. The molecule has 42 heteroatoms. The number of hydrogen-bond donors (Lipinski definition) is 21. The number of carboxylic acid groups (broad SMARTS) is 5. The molecule has 0 radical (unpaired) electrons. The highest BCUT2D eigenvalue weighted by atomic mass is 16.5. The molecule has 1 aliphatic rings. The number of fused-ring (bicyclic) bond motifs is 1. The molecule has 1 aromatic heterocycles. The molecule has 0 bridgehead atoms. The Bertz CT molecular complexity index is 3730. The fourth-order valence-corrected chi connectivity index (χ4v) is 11.9. The van der Waals surface area contributed by atoms with E-state index in [1.165, 1.54) is 13.8 Å². The fraction of sp³-hybridized carbons (Fsp3) is 0.630. The molecular weight excluding hydrogens is 1520 g/mol. The van der Waals surface area contributed by atoms with Gasteiger partial charge in [-0.3, -0.25) is 86.3 Å². The molecule has 1 aliphatic heterocycles. The van der Waals surface area contributed by atoms with E-state index in [2.05, 4.69) is 77.3 Å². The Balaban J connectivity index is 2.26. The van der Waals surface area contributed by atoms with Crippen LogP contribution in [0.3, 0.4) is 0 Å². The number of para-hydroxylation sites is 1. The molecule has 1 fully saturated rings. The zero-order valence-electron chi connectivity index (χ0n) is 65.3. The monoisotopic (exact) mass is 1630 g/mol. The van der Waals surface area contributed by atoms with Crippen molar-refractivity contribution in [2.24, 2.45) is 23.3 Å². The lowest BCUT2D eigenvalue weighted by Gasteiger charge is -2.32. The second-order valence-electron chi connectivity index (χ2n) is 28.2. The number of carbonyl (C=O) groups is 19. The van der Waals surface area contributed by atoms with Gasteiger partial charge < -0.3 is 121 Å². The number of unbranched alkanes of at least 4 members (excludes halogenated alkanes) is 4. The molecule has 1 saturated heterocycles. The number of rotatable bonds is 39. The van der Waals surface area contributed by atoms with Crippen LogP contribution in [0.4, 0.5) is 0 Å². The van der Waals surface area contributed by atoms with Crippen molar-refractivity contribution in [2.75, 3.05) is 39.8 Å². The Morgan fingerprint density at radius 1 is 0.548 bits per heavy atom. The summed E-state index contributed by atoms with van der Waals surface area (Å²) in [5, 5.41) is 87.6. The Kier molecular flexibility index (Phi) is 43.0. The Morgan fingerprint density at radius 2 is 1.09 bits per heavy atom. The van der Waals surface area contributed by atoms with Gasteiger partial charge in [0.1, 0.15) is 72.6 Å². The van der Waals surface area contributed by atoms with Crippen LogP contribution in [0.5, 0.6) is 0 Å². The van der Waals surface area contributed by atoms with Gasteiger partial charge in [0.25, 0.3) is 0 Å². The van der Waals surface area contributed by atoms with E-state index < -0.39 is 256 Å². The van der Waals surface area contributed by atoms with Gasteiger partial charge in [0.2, 0.25) is 76.8 Å². The predicted octanol–water partition coefficient (Wildman–Crippen LogP) is -3.99. The van der Waals surface area contributed by atoms with Gasteiger partial charge in [-0.2, -0.15) is 0 Å². The summed E-state index contributed by atoms with van der Waals surface area (Å²) in [5.74, 6) is -26.4. The normalized spacial score (nSPS) is 21.6. The average molecular weight is 1630 g/mol. The number of aromatic nitrogens is 1. The molecule has 1 aromatic carbocycles. The van der Waals surface area contributed by atoms with Crippen LogP contribution in [0.15, 0.2) is 30.5 Å². The smallest absolute Gasteiger partial charge is 0.329 e. The summed E-state index contributed by atoms with van der Waals surface area (Å²) < 4.78 is 5.78. The van der Waals surface area contributed by atoms with Crippen LogP contribution < -0.4 is 75.3 Å². The first-order chi connectivity index (χ1) is 54.4. The fourth-order valence-electron chi connectivity index (χ4n) is 11.9. The first-order valence-corrected chi connectivity index (χ1v) is 38.1. The number of aliphatic hydroxyl groups excluding tert-OH is 1. The highest BCUT2D eigenvalue weighted by molar-refractivity contribution is 6.01. The van der Waals surface area contributed by atoms with Crippen molar-refractivity contribution >= 4 is 124 Å². The number of likely N-dealkylation sites (N-methyl/N-ethyl adjacent to an activating group) is 1. The van der Waals surface area contributed by atoms with Crippen molar-refractivity contribution in [3.05, 3.63) is 36.0 Å². The van der Waals surface area contributed by atoms with E-state index in [0.717, 1.165) is 39.7 Å². The number of amides is 13. The van der Waals surface area contributed by atoms with Gasteiger partial charge in [0.05, 0.1) is 39.0 Å². The minimum absolute atomic E-state index is 0.00418. The van der Waals surface area contributed by atoms with Crippen molar-refractivity contribution in [1.82, 2.24) is 73.7 Å². The van der Waals surface area contributed by atoms with E-state index in [1.807, 2.05) is 5.32 Å². The lowest BCUT2D eigenvalue weighted by Crippen LogP contribution is -2.61. The molecule has 0 saturated carbocycles. The number of aliphatic hydroxyl groups is 1. The van der Waals surface area contributed by atoms with Crippen molar-refractivity contribution in [1.29, 1.82) is 0 Å². The number of aliphatic carboxylic acids is 5. The molecule has 640 valence electrons. The van der Waals surface area contributed by atoms with Gasteiger partial charge in [-0.15, -0.1) is 0 Å². The number of nitrogens with two attached hydrogens (primary N) is 2. The van der Waals surface area contributed by atoms with Crippen LogP contribution in [0.1, 0.15) is 169 Å². The molecule has 0 aliphatic carbocycles.